The largest absolute Gasteiger partial charge is 0.489 e. The van der Waals surface area contributed by atoms with Crippen molar-refractivity contribution in [2.45, 2.75) is 26.4 Å². The van der Waals surface area contributed by atoms with E-state index < -0.39 is 5.91 Å². The maximum absolute atomic E-state index is 12.2. The van der Waals surface area contributed by atoms with Gasteiger partial charge in [0.05, 0.1) is 6.26 Å². The third-order valence-electron chi connectivity index (χ3n) is 4.25. The lowest BCUT2D eigenvalue weighted by Gasteiger charge is -2.09. The van der Waals surface area contributed by atoms with E-state index in [9.17, 15) is 9.59 Å². The number of ether oxygens (including phenoxy) is 1. The topological polar surface area (TPSA) is 80.6 Å². The molecule has 2 aromatic carbocycles. The number of halogens is 1. The molecular weight excluding hydrogens is 392 g/mol. The van der Waals surface area contributed by atoms with Gasteiger partial charge in [-0.25, -0.2) is 0 Å². The molecule has 3 aromatic rings. The fourth-order valence-corrected chi connectivity index (χ4v) is 2.70. The number of hydrogen-bond acceptors (Lipinski definition) is 4. The molecule has 0 aliphatic heterocycles. The zero-order chi connectivity index (χ0) is 20.6. The molecule has 2 N–H and O–H groups in total. The molecule has 0 saturated heterocycles. The molecule has 2 amide bonds. The molecule has 150 valence electrons. The Morgan fingerprint density at radius 1 is 1.07 bits per heavy atom. The number of carbonyl (C=O) groups is 2. The minimum Gasteiger partial charge on any atom is -0.489 e. The lowest BCUT2D eigenvalue weighted by atomic mass is 10.1. The average Bonchev–Trinajstić information content (AvgIpc) is 3.25. The molecule has 1 heterocycles. The Morgan fingerprint density at radius 2 is 1.86 bits per heavy atom. The van der Waals surface area contributed by atoms with E-state index in [2.05, 4.69) is 10.9 Å². The second kappa shape index (κ2) is 9.80. The molecule has 1 aromatic heterocycles. The minimum atomic E-state index is -0.392. The van der Waals surface area contributed by atoms with Gasteiger partial charge in [-0.1, -0.05) is 23.7 Å². The normalized spacial score (nSPS) is 10.4. The third-order valence-corrected chi connectivity index (χ3v) is 4.67. The minimum absolute atomic E-state index is 0.217. The van der Waals surface area contributed by atoms with Gasteiger partial charge in [-0.3, -0.25) is 20.4 Å². The molecule has 0 radical (unpaired) electrons. The summed E-state index contributed by atoms with van der Waals surface area (Å²) < 4.78 is 10.9. The zero-order valence-electron chi connectivity index (χ0n) is 15.9. The van der Waals surface area contributed by atoms with Gasteiger partial charge < -0.3 is 9.15 Å². The SMILES string of the molecule is Cc1cc(OCc2ccc(C(=O)NNC(=O)CCc3ccco3)cc2)ccc1Cl. The second-order valence-corrected chi connectivity index (χ2v) is 6.89. The van der Waals surface area contributed by atoms with Crippen LogP contribution in [-0.2, 0) is 17.8 Å². The fraction of sp³-hybridized carbons (Fsp3) is 0.182. The van der Waals surface area contributed by atoms with Crippen molar-refractivity contribution in [3.8, 4) is 5.75 Å². The summed E-state index contributed by atoms with van der Waals surface area (Å²) in [5.74, 6) is 0.763. The molecule has 0 bridgehead atoms. The van der Waals surface area contributed by atoms with E-state index >= 15 is 0 Å². The van der Waals surface area contributed by atoms with Crippen molar-refractivity contribution in [2.24, 2.45) is 0 Å². The first-order valence-corrected chi connectivity index (χ1v) is 9.48. The number of rotatable bonds is 7. The summed E-state index contributed by atoms with van der Waals surface area (Å²) >= 11 is 6.01. The predicted octanol–water partition coefficient (Wildman–Crippen LogP) is 4.21. The molecule has 0 spiro atoms. The van der Waals surface area contributed by atoms with Crippen molar-refractivity contribution < 1.29 is 18.7 Å². The maximum atomic E-state index is 12.2. The Kier molecular flexibility index (Phi) is 6.92. The summed E-state index contributed by atoms with van der Waals surface area (Å²) in [5, 5.41) is 0.695. The number of nitrogens with one attached hydrogen (secondary N) is 2. The van der Waals surface area contributed by atoms with E-state index in [0.717, 1.165) is 22.6 Å². The van der Waals surface area contributed by atoms with E-state index in [4.69, 9.17) is 20.8 Å². The van der Waals surface area contributed by atoms with Gasteiger partial charge in [0.25, 0.3) is 5.91 Å². The highest BCUT2D eigenvalue weighted by atomic mass is 35.5. The van der Waals surface area contributed by atoms with Gasteiger partial charge in [0.2, 0.25) is 5.91 Å². The van der Waals surface area contributed by atoms with E-state index in [0.29, 0.717) is 23.6 Å². The van der Waals surface area contributed by atoms with Crippen LogP contribution in [0.15, 0.2) is 65.3 Å². The average molecular weight is 413 g/mol. The van der Waals surface area contributed by atoms with Gasteiger partial charge in [-0.2, -0.15) is 0 Å². The van der Waals surface area contributed by atoms with Crippen LogP contribution in [0.4, 0.5) is 0 Å². The third kappa shape index (κ3) is 6.12. The van der Waals surface area contributed by atoms with Crippen molar-refractivity contribution in [3.05, 3.63) is 88.3 Å². The van der Waals surface area contributed by atoms with Crippen LogP contribution in [0, 0.1) is 6.92 Å². The predicted molar refractivity (Wildman–Crippen MR) is 110 cm³/mol. The van der Waals surface area contributed by atoms with Crippen molar-refractivity contribution in [3.63, 3.8) is 0 Å². The van der Waals surface area contributed by atoms with Gasteiger partial charge in [0.1, 0.15) is 18.1 Å². The first-order valence-electron chi connectivity index (χ1n) is 9.11. The van der Waals surface area contributed by atoms with Gasteiger partial charge >= 0.3 is 0 Å². The number of carbonyl (C=O) groups excluding carboxylic acids is 2. The number of benzene rings is 2. The van der Waals surface area contributed by atoms with Crippen LogP contribution in [0.5, 0.6) is 5.75 Å². The first kappa shape index (κ1) is 20.5. The summed E-state index contributed by atoms with van der Waals surface area (Å²) in [7, 11) is 0. The fourth-order valence-electron chi connectivity index (χ4n) is 2.58. The van der Waals surface area contributed by atoms with Crippen molar-refractivity contribution in [1.82, 2.24) is 10.9 Å². The van der Waals surface area contributed by atoms with Crippen LogP contribution in [0.25, 0.3) is 0 Å². The molecule has 29 heavy (non-hydrogen) atoms. The summed E-state index contributed by atoms with van der Waals surface area (Å²) in [6.07, 6.45) is 2.24. The summed E-state index contributed by atoms with van der Waals surface area (Å²) in [4.78, 5) is 24.0. The summed E-state index contributed by atoms with van der Waals surface area (Å²) in [6, 6.07) is 16.0. The second-order valence-electron chi connectivity index (χ2n) is 6.48. The van der Waals surface area contributed by atoms with Crippen molar-refractivity contribution in [1.29, 1.82) is 0 Å². The lowest BCUT2D eigenvalue weighted by Crippen LogP contribution is -2.41. The Bertz CT molecular complexity index is 969. The standard InChI is InChI=1S/C22H21ClN2O4/c1-15-13-19(8-10-20(15)23)29-14-16-4-6-17(7-5-16)22(27)25-24-21(26)11-9-18-3-2-12-28-18/h2-8,10,12-13H,9,11,14H2,1H3,(H,24,26)(H,25,27). The highest BCUT2D eigenvalue weighted by Crippen LogP contribution is 2.21. The maximum Gasteiger partial charge on any atom is 0.269 e. The zero-order valence-corrected chi connectivity index (χ0v) is 16.7. The monoisotopic (exact) mass is 412 g/mol. The van der Waals surface area contributed by atoms with E-state index in [1.807, 2.05) is 19.1 Å². The molecule has 3 rings (SSSR count). The lowest BCUT2D eigenvalue weighted by molar-refractivity contribution is -0.121. The molecule has 6 nitrogen and oxygen atoms in total. The number of hydrazine groups is 1. The quantitative estimate of drug-likeness (QED) is 0.569. The van der Waals surface area contributed by atoms with Crippen molar-refractivity contribution in [2.75, 3.05) is 0 Å². The van der Waals surface area contributed by atoms with Crippen LogP contribution in [0.2, 0.25) is 5.02 Å². The molecule has 0 fully saturated rings. The molecular formula is C22H21ClN2O4. The highest BCUT2D eigenvalue weighted by Gasteiger charge is 2.09. The number of amides is 2. The Labute approximate surface area is 173 Å². The van der Waals surface area contributed by atoms with Crippen LogP contribution in [-0.4, -0.2) is 11.8 Å². The number of aryl methyl sites for hydroxylation is 2. The smallest absolute Gasteiger partial charge is 0.269 e. The Hall–Kier alpha value is -3.25. The molecule has 0 aliphatic rings. The number of furan rings is 1. The molecule has 7 heteroatoms. The van der Waals surface area contributed by atoms with Crippen molar-refractivity contribution >= 4 is 23.4 Å². The first-order chi connectivity index (χ1) is 14.0. The van der Waals surface area contributed by atoms with Crippen LogP contribution in [0.1, 0.15) is 33.7 Å². The molecule has 0 saturated carbocycles. The van der Waals surface area contributed by atoms with Crippen LogP contribution >= 0.6 is 11.6 Å². The molecule has 0 unspecified atom stereocenters. The highest BCUT2D eigenvalue weighted by molar-refractivity contribution is 6.31. The van der Waals surface area contributed by atoms with Crippen LogP contribution < -0.4 is 15.6 Å². The summed E-state index contributed by atoms with van der Waals surface area (Å²) in [5.41, 5.74) is 7.10. The summed E-state index contributed by atoms with van der Waals surface area (Å²) in [6.45, 7) is 2.28. The van der Waals surface area contributed by atoms with Gasteiger partial charge in [-0.05, 0) is 60.5 Å². The van der Waals surface area contributed by atoms with Gasteiger partial charge in [-0.15, -0.1) is 0 Å². The Balaban J connectivity index is 1.44. The van der Waals surface area contributed by atoms with E-state index in [1.165, 1.54) is 0 Å². The van der Waals surface area contributed by atoms with E-state index in [-0.39, 0.29) is 12.3 Å². The van der Waals surface area contributed by atoms with Gasteiger partial charge in [0.15, 0.2) is 0 Å². The molecule has 0 aliphatic carbocycles. The Morgan fingerprint density at radius 3 is 2.55 bits per heavy atom. The molecule has 0 atom stereocenters. The number of hydrogen-bond donors (Lipinski definition) is 2. The van der Waals surface area contributed by atoms with E-state index in [1.54, 1.807) is 48.7 Å². The van der Waals surface area contributed by atoms with Gasteiger partial charge in [0, 0.05) is 23.4 Å². The van der Waals surface area contributed by atoms with Crippen LogP contribution in [0.3, 0.4) is 0 Å².